The fourth-order valence-electron chi connectivity index (χ4n) is 4.70. The van der Waals surface area contributed by atoms with Crippen molar-refractivity contribution in [2.75, 3.05) is 22.5 Å². The third-order valence-corrected chi connectivity index (χ3v) is 7.18. The van der Waals surface area contributed by atoms with Crippen LogP contribution in [0.4, 0.5) is 17.5 Å². The van der Waals surface area contributed by atoms with E-state index in [0.29, 0.717) is 19.3 Å². The molecule has 0 spiro atoms. The van der Waals surface area contributed by atoms with Crippen molar-refractivity contribution in [1.82, 2.24) is 15.3 Å². The first-order chi connectivity index (χ1) is 22.1. The number of aliphatic hydroxyl groups excluding tert-OH is 2. The number of H-pyrrole nitrogens is 1. The summed E-state index contributed by atoms with van der Waals surface area (Å²) in [7, 11) is 0. The van der Waals surface area contributed by atoms with E-state index in [2.05, 4.69) is 98.9 Å². The Balaban J connectivity index is 1.75. The molecule has 2 heterocycles. The highest BCUT2D eigenvalue weighted by Crippen LogP contribution is 2.22. The van der Waals surface area contributed by atoms with Crippen LogP contribution in [0.25, 0.3) is 0 Å². The zero-order chi connectivity index (χ0) is 33.7. The molecule has 11 heteroatoms. The van der Waals surface area contributed by atoms with E-state index in [0.717, 1.165) is 38.5 Å². The molecule has 0 radical (unpaired) electrons. The molecule has 1 aromatic heterocycles. The molecule has 11 nitrogen and oxygen atoms in total. The number of unbranched alkanes of at least 4 members (excludes halogenated alkanes) is 1. The van der Waals surface area contributed by atoms with Gasteiger partial charge in [0.1, 0.15) is 17.8 Å². The third kappa shape index (κ3) is 14.9. The number of anilines is 3. The van der Waals surface area contributed by atoms with Gasteiger partial charge >= 0.3 is 0 Å². The number of carbonyl (C=O) groups is 2. The van der Waals surface area contributed by atoms with E-state index < -0.39 is 35.8 Å². The molecule has 1 aromatic rings. The molecule has 0 saturated carbocycles. The normalized spacial score (nSPS) is 17.1. The lowest BCUT2D eigenvalue weighted by Gasteiger charge is -2.31. The molecule has 0 bridgehead atoms. The molecular formula is C35H54N6O5. The average molecular weight is 639 g/mol. The number of hydrogen-bond acceptors (Lipinski definition) is 8. The van der Waals surface area contributed by atoms with Gasteiger partial charge in [-0.2, -0.15) is 4.98 Å². The lowest BCUT2D eigenvalue weighted by atomic mass is 10.0. The van der Waals surface area contributed by atoms with Gasteiger partial charge in [0, 0.05) is 13.0 Å². The number of nitrogens with zero attached hydrogens (tertiary/aromatic N) is 1. The minimum absolute atomic E-state index is 0.0565. The molecule has 1 aliphatic rings. The second-order valence-corrected chi connectivity index (χ2v) is 11.8. The Hall–Kier alpha value is -3.96. The van der Waals surface area contributed by atoms with Crippen LogP contribution in [-0.2, 0) is 9.59 Å². The van der Waals surface area contributed by atoms with Gasteiger partial charge in [0.25, 0.3) is 5.56 Å². The molecule has 2 amide bonds. The van der Waals surface area contributed by atoms with Crippen molar-refractivity contribution in [3.63, 3.8) is 0 Å². The van der Waals surface area contributed by atoms with Crippen molar-refractivity contribution >= 4 is 29.3 Å². The van der Waals surface area contributed by atoms with Crippen LogP contribution in [0.15, 0.2) is 65.6 Å². The van der Waals surface area contributed by atoms with E-state index in [-0.39, 0.29) is 35.8 Å². The van der Waals surface area contributed by atoms with E-state index in [1.165, 1.54) is 6.92 Å². The molecule has 0 fully saturated rings. The lowest BCUT2D eigenvalue weighted by molar-refractivity contribution is -0.126. The highest BCUT2D eigenvalue weighted by atomic mass is 16.3. The number of carbonyl (C=O) groups excluding carboxylic acids is 2. The standard InChI is InChI=1S/C35H54N6O5/c1-5-6-7-8-9-10-11-12-13-14-15-16-17-18-19-20-21-22-29(43)37-27(23-25(2)3)33(45)40-35-39-32-30(34(46)41-35)38-28(24-36-32)31(44)26(4)42/h6-7,9-10,12-13,15-16,18-19,25-28,31,38,42,44H,5,8,11,14,17,20-24H2,1-4H3,(H,37,43)(H3,36,39,40,41,45,46). The topological polar surface area (TPSA) is 168 Å². The first-order valence-corrected chi connectivity index (χ1v) is 16.5. The lowest BCUT2D eigenvalue weighted by Crippen LogP contribution is -2.49. The van der Waals surface area contributed by atoms with Gasteiger partial charge in [-0.25, -0.2) is 0 Å². The van der Waals surface area contributed by atoms with Crippen LogP contribution in [0.3, 0.4) is 0 Å². The Bertz CT molecular complexity index is 1280. The van der Waals surface area contributed by atoms with Crippen molar-refractivity contribution in [1.29, 1.82) is 0 Å². The molecule has 4 atom stereocenters. The number of nitrogens with one attached hydrogen (secondary N) is 5. The maximum absolute atomic E-state index is 13.1. The smallest absolute Gasteiger partial charge is 0.277 e. The van der Waals surface area contributed by atoms with Crippen LogP contribution < -0.4 is 26.8 Å². The summed E-state index contributed by atoms with van der Waals surface area (Å²) in [5, 5.41) is 31.1. The maximum atomic E-state index is 13.1. The summed E-state index contributed by atoms with van der Waals surface area (Å²) >= 11 is 0. The highest BCUT2D eigenvalue weighted by molar-refractivity contribution is 5.96. The largest absolute Gasteiger partial charge is 0.391 e. The van der Waals surface area contributed by atoms with Crippen molar-refractivity contribution in [3.8, 4) is 0 Å². The average Bonchev–Trinajstić information content (AvgIpc) is 3.01. The number of aromatic amines is 1. The van der Waals surface area contributed by atoms with Gasteiger partial charge in [-0.15, -0.1) is 0 Å². The fraction of sp³-hybridized carbons (Fsp3) is 0.543. The summed E-state index contributed by atoms with van der Waals surface area (Å²) in [6.45, 7) is 7.73. The quantitative estimate of drug-likeness (QED) is 0.0764. The van der Waals surface area contributed by atoms with Crippen molar-refractivity contribution < 1.29 is 19.8 Å². The minimum Gasteiger partial charge on any atom is -0.391 e. The number of rotatable bonds is 20. The molecule has 0 aromatic carbocycles. The summed E-state index contributed by atoms with van der Waals surface area (Å²) in [5.74, 6) is -0.398. The second-order valence-electron chi connectivity index (χ2n) is 11.8. The van der Waals surface area contributed by atoms with Crippen LogP contribution >= 0.6 is 0 Å². The van der Waals surface area contributed by atoms with Crippen molar-refractivity contribution in [2.24, 2.45) is 5.92 Å². The molecular weight excluding hydrogens is 584 g/mol. The minimum atomic E-state index is -1.09. The van der Waals surface area contributed by atoms with Crippen LogP contribution in [0.2, 0.25) is 0 Å². The van der Waals surface area contributed by atoms with Crippen LogP contribution in [-0.4, -0.2) is 62.8 Å². The van der Waals surface area contributed by atoms with Gasteiger partial charge in [0.2, 0.25) is 17.8 Å². The maximum Gasteiger partial charge on any atom is 0.277 e. The second kappa shape index (κ2) is 21.7. The molecule has 254 valence electrons. The van der Waals surface area contributed by atoms with Crippen molar-refractivity contribution in [3.05, 3.63) is 71.1 Å². The third-order valence-electron chi connectivity index (χ3n) is 7.18. The zero-order valence-corrected chi connectivity index (χ0v) is 27.8. The predicted molar refractivity (Wildman–Crippen MR) is 187 cm³/mol. The highest BCUT2D eigenvalue weighted by Gasteiger charge is 2.30. The Morgan fingerprint density at radius 1 is 0.935 bits per heavy atom. The molecule has 2 rings (SSSR count). The number of aliphatic hydroxyl groups is 2. The molecule has 0 saturated heterocycles. The van der Waals surface area contributed by atoms with Gasteiger partial charge in [-0.1, -0.05) is 81.5 Å². The van der Waals surface area contributed by atoms with E-state index in [1.54, 1.807) is 0 Å². The Morgan fingerprint density at radius 3 is 2.09 bits per heavy atom. The number of hydrogen-bond donors (Lipinski definition) is 7. The van der Waals surface area contributed by atoms with Crippen LogP contribution in [0.5, 0.6) is 0 Å². The van der Waals surface area contributed by atoms with Gasteiger partial charge in [0.05, 0.1) is 12.1 Å². The molecule has 46 heavy (non-hydrogen) atoms. The van der Waals surface area contributed by atoms with Crippen molar-refractivity contribution in [2.45, 2.75) is 110 Å². The first kappa shape index (κ1) is 38.2. The Kier molecular flexibility index (Phi) is 18.0. The summed E-state index contributed by atoms with van der Waals surface area (Å²) in [5.41, 5.74) is -0.441. The zero-order valence-electron chi connectivity index (χ0n) is 27.8. The van der Waals surface area contributed by atoms with Gasteiger partial charge in [-0.05, 0) is 64.2 Å². The molecule has 4 unspecified atom stereocenters. The number of allylic oxidation sites excluding steroid dienone is 10. The van der Waals surface area contributed by atoms with Gasteiger partial charge < -0.3 is 26.2 Å². The SMILES string of the molecule is CCC=CCC=CCC=CCC=CCC=CCCCC(=O)NC(CC(C)C)C(=O)Nc1nc2c(c(=O)[nH]1)NC(C(O)C(C)O)CN2. The predicted octanol–water partition coefficient (Wildman–Crippen LogP) is 5.11. The molecule has 1 aliphatic heterocycles. The Morgan fingerprint density at radius 2 is 1.52 bits per heavy atom. The van der Waals surface area contributed by atoms with E-state index in [9.17, 15) is 24.6 Å². The summed E-state index contributed by atoms with van der Waals surface area (Å²) in [6.07, 6.45) is 26.3. The summed E-state index contributed by atoms with van der Waals surface area (Å²) in [4.78, 5) is 45.3. The first-order valence-electron chi connectivity index (χ1n) is 16.5. The fourth-order valence-corrected chi connectivity index (χ4v) is 4.70. The number of amides is 2. The van der Waals surface area contributed by atoms with E-state index in [1.807, 2.05) is 13.8 Å². The van der Waals surface area contributed by atoms with Gasteiger partial charge in [-0.3, -0.25) is 24.7 Å². The van der Waals surface area contributed by atoms with E-state index >= 15 is 0 Å². The van der Waals surface area contributed by atoms with Gasteiger partial charge in [0.15, 0.2) is 5.82 Å². The van der Waals surface area contributed by atoms with Crippen LogP contribution in [0, 0.1) is 5.92 Å². The number of fused-ring (bicyclic) bond motifs is 1. The molecule has 7 N–H and O–H groups in total. The monoisotopic (exact) mass is 638 g/mol. The molecule has 0 aliphatic carbocycles. The van der Waals surface area contributed by atoms with E-state index in [4.69, 9.17) is 0 Å². The van der Waals surface area contributed by atoms with Crippen LogP contribution in [0.1, 0.15) is 85.5 Å². The summed E-state index contributed by atoms with van der Waals surface area (Å²) < 4.78 is 0. The Labute approximate surface area is 273 Å². The number of aromatic nitrogens is 2. The summed E-state index contributed by atoms with van der Waals surface area (Å²) in [6, 6.07) is -1.39.